The molecule has 2 atom stereocenters. The largest absolute Gasteiger partial charge is 0.330 e. The van der Waals surface area contributed by atoms with Gasteiger partial charge in [0.1, 0.15) is 5.82 Å². The fourth-order valence-corrected chi connectivity index (χ4v) is 4.94. The molecule has 2 unspecified atom stereocenters. The highest BCUT2D eigenvalue weighted by molar-refractivity contribution is 7.91. The molecular weight excluding hydrogens is 255 g/mol. The molecule has 18 heavy (non-hydrogen) atoms. The molecule has 0 saturated heterocycles. The Morgan fingerprint density at radius 1 is 1.33 bits per heavy atom. The number of benzene rings is 1. The summed E-state index contributed by atoms with van der Waals surface area (Å²) in [5.41, 5.74) is 11.4. The van der Waals surface area contributed by atoms with Crippen molar-refractivity contribution in [3.05, 3.63) is 35.6 Å². The van der Waals surface area contributed by atoms with Gasteiger partial charge in [0.05, 0.1) is 5.25 Å². The second-order valence-electron chi connectivity index (χ2n) is 4.92. The molecule has 0 radical (unpaired) electrons. The van der Waals surface area contributed by atoms with Gasteiger partial charge in [-0.15, -0.1) is 0 Å². The summed E-state index contributed by atoms with van der Waals surface area (Å²) in [7, 11) is -3.25. The van der Waals surface area contributed by atoms with E-state index in [9.17, 15) is 12.8 Å². The zero-order chi connectivity index (χ0) is 13.6. The van der Waals surface area contributed by atoms with Gasteiger partial charge in [-0.3, -0.25) is 0 Å². The van der Waals surface area contributed by atoms with Crippen molar-refractivity contribution in [2.75, 3.05) is 19.3 Å². The van der Waals surface area contributed by atoms with Crippen LogP contribution < -0.4 is 11.5 Å². The molecule has 100 valence electrons. The van der Waals surface area contributed by atoms with E-state index in [0.717, 1.165) is 0 Å². The van der Waals surface area contributed by atoms with Gasteiger partial charge in [0.25, 0.3) is 0 Å². The number of rotatable bonds is 4. The highest BCUT2D eigenvalue weighted by atomic mass is 32.2. The van der Waals surface area contributed by atoms with Crippen molar-refractivity contribution in [3.63, 3.8) is 0 Å². The van der Waals surface area contributed by atoms with Gasteiger partial charge in [-0.05, 0) is 17.7 Å². The predicted octanol–water partition coefficient (Wildman–Crippen LogP) is 0.240. The van der Waals surface area contributed by atoms with E-state index >= 15 is 0 Å². The van der Waals surface area contributed by atoms with Gasteiger partial charge in [-0.2, -0.15) is 0 Å². The van der Waals surface area contributed by atoms with Crippen molar-refractivity contribution in [1.29, 1.82) is 0 Å². The quantitative estimate of drug-likeness (QED) is 0.822. The number of hydrogen-bond acceptors (Lipinski definition) is 4. The monoisotopic (exact) mass is 272 g/mol. The second kappa shape index (κ2) is 4.29. The molecule has 0 aromatic heterocycles. The minimum Gasteiger partial charge on any atom is -0.330 e. The molecule has 1 aliphatic carbocycles. The summed E-state index contributed by atoms with van der Waals surface area (Å²) in [4.78, 5) is 0. The summed E-state index contributed by atoms with van der Waals surface area (Å²) >= 11 is 0. The fraction of sp³-hybridized carbons (Fsp3) is 0.500. The Balaban J connectivity index is 2.45. The maximum absolute atomic E-state index is 13.2. The molecule has 1 saturated carbocycles. The molecule has 1 aromatic carbocycles. The Labute approximate surface area is 106 Å². The third-order valence-electron chi connectivity index (χ3n) is 3.81. The predicted molar refractivity (Wildman–Crippen MR) is 68.3 cm³/mol. The Bertz CT molecular complexity index is 555. The summed E-state index contributed by atoms with van der Waals surface area (Å²) in [6, 6.07) is 5.98. The van der Waals surface area contributed by atoms with Crippen LogP contribution in [0.5, 0.6) is 0 Å². The normalized spacial score (nSPS) is 26.0. The Morgan fingerprint density at radius 2 is 1.94 bits per heavy atom. The average molecular weight is 272 g/mol. The topological polar surface area (TPSA) is 86.2 Å². The first-order valence-corrected chi connectivity index (χ1v) is 7.67. The van der Waals surface area contributed by atoms with Gasteiger partial charge in [-0.25, -0.2) is 12.8 Å². The molecule has 1 fully saturated rings. The van der Waals surface area contributed by atoms with Crippen molar-refractivity contribution >= 4 is 9.84 Å². The first-order chi connectivity index (χ1) is 8.36. The molecule has 0 aliphatic heterocycles. The lowest BCUT2D eigenvalue weighted by Crippen LogP contribution is -2.31. The molecule has 4 nitrogen and oxygen atoms in total. The van der Waals surface area contributed by atoms with Gasteiger partial charge < -0.3 is 11.5 Å². The van der Waals surface area contributed by atoms with E-state index < -0.39 is 20.5 Å². The van der Waals surface area contributed by atoms with Gasteiger partial charge in [0.2, 0.25) is 0 Å². The SMILES string of the molecule is CS(=O)(=O)C1C(c2cccc(F)c2)C1(CN)CN. The van der Waals surface area contributed by atoms with Crippen molar-refractivity contribution in [3.8, 4) is 0 Å². The summed E-state index contributed by atoms with van der Waals surface area (Å²) in [6.07, 6.45) is 1.18. The van der Waals surface area contributed by atoms with Crippen LogP contribution in [0.3, 0.4) is 0 Å². The molecule has 1 aromatic rings. The number of sulfone groups is 1. The number of nitrogens with two attached hydrogens (primary N) is 2. The van der Waals surface area contributed by atoms with Crippen LogP contribution in [0, 0.1) is 11.2 Å². The average Bonchev–Trinajstić information content (AvgIpc) is 2.98. The van der Waals surface area contributed by atoms with E-state index in [-0.39, 0.29) is 24.8 Å². The molecule has 2 rings (SSSR count). The van der Waals surface area contributed by atoms with Crippen LogP contribution in [0.1, 0.15) is 11.5 Å². The Kier molecular flexibility index (Phi) is 3.21. The van der Waals surface area contributed by atoms with Gasteiger partial charge in [0, 0.05) is 30.7 Å². The maximum atomic E-state index is 13.2. The van der Waals surface area contributed by atoms with Crippen LogP contribution in [0.2, 0.25) is 0 Å². The second-order valence-corrected chi connectivity index (χ2v) is 7.09. The van der Waals surface area contributed by atoms with Crippen molar-refractivity contribution < 1.29 is 12.8 Å². The van der Waals surface area contributed by atoms with Crippen LogP contribution in [-0.2, 0) is 9.84 Å². The lowest BCUT2D eigenvalue weighted by atomic mass is 9.99. The molecule has 0 heterocycles. The van der Waals surface area contributed by atoms with E-state index in [1.54, 1.807) is 12.1 Å². The molecular formula is C12H17FN2O2S. The van der Waals surface area contributed by atoms with Crippen LogP contribution in [0.15, 0.2) is 24.3 Å². The van der Waals surface area contributed by atoms with E-state index in [1.807, 2.05) is 0 Å². The smallest absolute Gasteiger partial charge is 0.151 e. The molecule has 6 heteroatoms. The van der Waals surface area contributed by atoms with Crippen LogP contribution in [0.4, 0.5) is 4.39 Å². The molecule has 0 bridgehead atoms. The molecule has 0 amide bonds. The van der Waals surface area contributed by atoms with E-state index in [4.69, 9.17) is 11.5 Å². The highest BCUT2D eigenvalue weighted by Crippen LogP contribution is 2.61. The number of hydrogen-bond donors (Lipinski definition) is 2. The van der Waals surface area contributed by atoms with Crippen molar-refractivity contribution in [2.24, 2.45) is 16.9 Å². The van der Waals surface area contributed by atoms with Crippen molar-refractivity contribution in [1.82, 2.24) is 0 Å². The van der Waals surface area contributed by atoms with Gasteiger partial charge in [-0.1, -0.05) is 12.1 Å². The fourth-order valence-electron chi connectivity index (χ4n) is 2.90. The maximum Gasteiger partial charge on any atom is 0.151 e. The zero-order valence-corrected chi connectivity index (χ0v) is 11.0. The third-order valence-corrected chi connectivity index (χ3v) is 5.47. The first-order valence-electron chi connectivity index (χ1n) is 5.71. The molecule has 0 spiro atoms. The summed E-state index contributed by atoms with van der Waals surface area (Å²) in [6.45, 7) is 0.366. The standard InChI is InChI=1S/C12H17FN2O2S/c1-18(16,17)11-10(12(11,6-14)7-15)8-3-2-4-9(13)5-8/h2-5,10-11H,6-7,14-15H2,1H3. The Morgan fingerprint density at radius 3 is 2.33 bits per heavy atom. The van der Waals surface area contributed by atoms with Crippen LogP contribution in [0.25, 0.3) is 0 Å². The first kappa shape index (κ1) is 13.5. The summed E-state index contributed by atoms with van der Waals surface area (Å²) < 4.78 is 36.8. The van der Waals surface area contributed by atoms with Crippen LogP contribution >= 0.6 is 0 Å². The minimum atomic E-state index is -3.25. The zero-order valence-electron chi connectivity index (χ0n) is 10.1. The van der Waals surface area contributed by atoms with Crippen molar-refractivity contribution in [2.45, 2.75) is 11.2 Å². The number of halogens is 1. The van der Waals surface area contributed by atoms with E-state index in [0.29, 0.717) is 5.56 Å². The lowest BCUT2D eigenvalue weighted by molar-refractivity contribution is 0.510. The van der Waals surface area contributed by atoms with E-state index in [1.165, 1.54) is 18.4 Å². The van der Waals surface area contributed by atoms with Gasteiger partial charge in [0.15, 0.2) is 9.84 Å². The molecule has 1 aliphatic rings. The van der Waals surface area contributed by atoms with Crippen LogP contribution in [-0.4, -0.2) is 33.0 Å². The van der Waals surface area contributed by atoms with Gasteiger partial charge >= 0.3 is 0 Å². The molecule has 4 N–H and O–H groups in total. The summed E-state index contributed by atoms with van der Waals surface area (Å²) in [5.74, 6) is -0.687. The van der Waals surface area contributed by atoms with E-state index in [2.05, 4.69) is 0 Å². The minimum absolute atomic E-state index is 0.183. The summed E-state index contributed by atoms with van der Waals surface area (Å²) in [5, 5.41) is -0.609. The lowest BCUT2D eigenvalue weighted by Gasteiger charge is -2.12. The highest BCUT2D eigenvalue weighted by Gasteiger charge is 2.68. The third kappa shape index (κ3) is 1.94. The Hall–Kier alpha value is -0.980.